The van der Waals surface area contributed by atoms with Gasteiger partial charge in [0, 0.05) is 4.88 Å². The second-order valence-corrected chi connectivity index (χ2v) is 8.29. The van der Waals surface area contributed by atoms with Gasteiger partial charge >= 0.3 is 11.9 Å². The second-order valence-electron chi connectivity index (χ2n) is 7.18. The number of amides is 1. The van der Waals surface area contributed by atoms with Gasteiger partial charge in [0.05, 0.1) is 18.6 Å². The third kappa shape index (κ3) is 4.58. The molecule has 27 heavy (non-hydrogen) atoms. The topological polar surface area (TPSA) is 81.7 Å². The highest BCUT2D eigenvalue weighted by molar-refractivity contribution is 7.17. The third-order valence-electron chi connectivity index (χ3n) is 5.10. The summed E-state index contributed by atoms with van der Waals surface area (Å²) in [6.45, 7) is 1.83. The summed E-state index contributed by atoms with van der Waals surface area (Å²) in [7, 11) is 1.34. The normalized spacial score (nSPS) is 21.3. The van der Waals surface area contributed by atoms with Gasteiger partial charge in [0.15, 0.2) is 6.61 Å². The number of fused-ring (bicyclic) bond motifs is 1. The molecule has 0 fully saturated rings. The number of carbonyl (C=O) groups is 3. The third-order valence-corrected chi connectivity index (χ3v) is 6.27. The molecule has 6 nitrogen and oxygen atoms in total. The molecule has 2 atom stereocenters. The minimum Gasteiger partial charge on any atom is -0.465 e. The first-order valence-corrected chi connectivity index (χ1v) is 10.2. The first-order chi connectivity index (χ1) is 13.0. The molecule has 3 rings (SSSR count). The summed E-state index contributed by atoms with van der Waals surface area (Å²) in [4.78, 5) is 37.7. The zero-order valence-electron chi connectivity index (χ0n) is 15.7. The zero-order chi connectivity index (χ0) is 19.4. The van der Waals surface area contributed by atoms with E-state index in [2.05, 4.69) is 12.2 Å². The van der Waals surface area contributed by atoms with Gasteiger partial charge in [-0.15, -0.1) is 11.3 Å². The van der Waals surface area contributed by atoms with E-state index in [1.54, 1.807) is 0 Å². The first kappa shape index (κ1) is 19.6. The van der Waals surface area contributed by atoms with E-state index in [-0.39, 0.29) is 18.5 Å². The van der Waals surface area contributed by atoms with Crippen LogP contribution in [0.3, 0.4) is 0 Å². The van der Waals surface area contributed by atoms with Crippen LogP contribution in [0.1, 0.15) is 53.4 Å². The van der Waals surface area contributed by atoms with Crippen molar-refractivity contribution in [2.24, 2.45) is 11.8 Å². The fourth-order valence-corrected chi connectivity index (χ4v) is 5.00. The largest absolute Gasteiger partial charge is 0.465 e. The van der Waals surface area contributed by atoms with E-state index in [9.17, 15) is 14.4 Å². The molecule has 1 N–H and O–H groups in total. The lowest BCUT2D eigenvalue weighted by molar-refractivity contribution is -0.151. The molecule has 0 aliphatic heterocycles. The summed E-state index contributed by atoms with van der Waals surface area (Å²) in [5, 5.41) is 3.23. The molecule has 0 aromatic carbocycles. The van der Waals surface area contributed by atoms with Gasteiger partial charge in [0.25, 0.3) is 5.91 Å². The lowest BCUT2D eigenvalue weighted by atomic mass is 9.88. The van der Waals surface area contributed by atoms with E-state index >= 15 is 0 Å². The van der Waals surface area contributed by atoms with Crippen molar-refractivity contribution in [2.75, 3.05) is 19.0 Å². The van der Waals surface area contributed by atoms with Gasteiger partial charge in [0.1, 0.15) is 5.00 Å². The average Bonchev–Trinajstić information content (AvgIpc) is 3.02. The molecule has 2 aliphatic rings. The summed E-state index contributed by atoms with van der Waals surface area (Å²) in [5.41, 5.74) is 1.42. The molecular weight excluding hydrogens is 366 g/mol. The fourth-order valence-electron chi connectivity index (χ4n) is 3.58. The first-order valence-electron chi connectivity index (χ1n) is 9.34. The van der Waals surface area contributed by atoms with Crippen LogP contribution in [0.5, 0.6) is 0 Å². The van der Waals surface area contributed by atoms with Crippen molar-refractivity contribution in [3.8, 4) is 0 Å². The van der Waals surface area contributed by atoms with Gasteiger partial charge < -0.3 is 14.8 Å². The molecule has 0 unspecified atom stereocenters. The second kappa shape index (κ2) is 8.69. The summed E-state index contributed by atoms with van der Waals surface area (Å²) >= 11 is 1.42. The standard InChI is InChI=1S/C20H25NO5S/c1-12-8-9-14-15(10-12)27-18(17(14)20(24)25-2)21-16(22)11-26-19(23)13-6-4-3-5-7-13/h3-4,12-13H,5-11H2,1-2H3,(H,21,22)/t12-,13-/m1/s1. The predicted octanol–water partition coefficient (Wildman–Crippen LogP) is 3.50. The molecule has 2 aliphatic carbocycles. The van der Waals surface area contributed by atoms with Crippen molar-refractivity contribution < 1.29 is 23.9 Å². The highest BCUT2D eigenvalue weighted by Gasteiger charge is 2.29. The maximum atomic E-state index is 12.3. The van der Waals surface area contributed by atoms with Crippen molar-refractivity contribution in [3.05, 3.63) is 28.2 Å². The van der Waals surface area contributed by atoms with Crippen LogP contribution < -0.4 is 5.32 Å². The van der Waals surface area contributed by atoms with Crippen molar-refractivity contribution in [1.82, 2.24) is 0 Å². The van der Waals surface area contributed by atoms with Crippen LogP contribution in [0.4, 0.5) is 5.00 Å². The Kier molecular flexibility index (Phi) is 6.31. The molecule has 0 saturated heterocycles. The molecule has 1 aromatic heterocycles. The Labute approximate surface area is 162 Å². The lowest BCUT2D eigenvalue weighted by Gasteiger charge is -2.18. The van der Waals surface area contributed by atoms with Crippen LogP contribution in [-0.4, -0.2) is 31.6 Å². The number of rotatable bonds is 5. The average molecular weight is 391 g/mol. The van der Waals surface area contributed by atoms with Crippen LogP contribution in [0.2, 0.25) is 0 Å². The fraction of sp³-hybridized carbons (Fsp3) is 0.550. The number of nitrogens with one attached hydrogen (secondary N) is 1. The van der Waals surface area contributed by atoms with Crippen LogP contribution in [0.15, 0.2) is 12.2 Å². The van der Waals surface area contributed by atoms with E-state index < -0.39 is 11.9 Å². The maximum Gasteiger partial charge on any atom is 0.341 e. The lowest BCUT2D eigenvalue weighted by Crippen LogP contribution is -2.25. The van der Waals surface area contributed by atoms with E-state index in [1.165, 1.54) is 18.4 Å². The Bertz CT molecular complexity index is 767. The predicted molar refractivity (Wildman–Crippen MR) is 103 cm³/mol. The van der Waals surface area contributed by atoms with Crippen molar-refractivity contribution in [1.29, 1.82) is 0 Å². The number of carbonyl (C=O) groups excluding carboxylic acids is 3. The minimum absolute atomic E-state index is 0.177. The Morgan fingerprint density at radius 1 is 1.26 bits per heavy atom. The van der Waals surface area contributed by atoms with Crippen LogP contribution in [-0.2, 0) is 31.9 Å². The molecule has 1 heterocycles. The van der Waals surface area contributed by atoms with E-state index in [0.29, 0.717) is 22.9 Å². The maximum absolute atomic E-state index is 12.3. The molecule has 7 heteroatoms. The SMILES string of the molecule is COC(=O)c1c(NC(=O)COC(=O)[C@@H]2CC=CCC2)sc2c1CC[C@@H](C)C2. The summed E-state index contributed by atoms with van der Waals surface area (Å²) in [6.07, 6.45) is 8.98. The summed E-state index contributed by atoms with van der Waals surface area (Å²) in [5.74, 6) is -0.850. The van der Waals surface area contributed by atoms with E-state index in [1.807, 2.05) is 12.2 Å². The highest BCUT2D eigenvalue weighted by atomic mass is 32.1. The van der Waals surface area contributed by atoms with Gasteiger partial charge in [-0.2, -0.15) is 0 Å². The van der Waals surface area contributed by atoms with E-state index in [4.69, 9.17) is 9.47 Å². The number of hydrogen-bond donors (Lipinski definition) is 1. The van der Waals surface area contributed by atoms with Crippen LogP contribution in [0, 0.1) is 11.8 Å². The number of methoxy groups -OCH3 is 1. The zero-order valence-corrected chi connectivity index (χ0v) is 16.5. The number of esters is 2. The Hall–Kier alpha value is -2.15. The number of allylic oxidation sites excluding steroid dienone is 2. The van der Waals surface area contributed by atoms with E-state index in [0.717, 1.165) is 42.5 Å². The van der Waals surface area contributed by atoms with Gasteiger partial charge in [0.2, 0.25) is 0 Å². The Morgan fingerprint density at radius 2 is 2.07 bits per heavy atom. The monoisotopic (exact) mass is 391 g/mol. The number of hydrogen-bond acceptors (Lipinski definition) is 6. The van der Waals surface area contributed by atoms with Crippen molar-refractivity contribution in [2.45, 2.75) is 45.4 Å². The molecule has 0 spiro atoms. The van der Waals surface area contributed by atoms with Gasteiger partial charge in [-0.3, -0.25) is 9.59 Å². The molecule has 146 valence electrons. The van der Waals surface area contributed by atoms with Gasteiger partial charge in [-0.05, 0) is 50.0 Å². The molecule has 0 radical (unpaired) electrons. The Balaban J connectivity index is 1.65. The van der Waals surface area contributed by atoms with Crippen molar-refractivity contribution >= 4 is 34.2 Å². The van der Waals surface area contributed by atoms with Gasteiger partial charge in [-0.1, -0.05) is 19.1 Å². The molecule has 1 amide bonds. The smallest absolute Gasteiger partial charge is 0.341 e. The molecule has 1 aromatic rings. The molecule has 0 saturated carbocycles. The van der Waals surface area contributed by atoms with Crippen LogP contribution in [0.25, 0.3) is 0 Å². The number of ether oxygens (including phenoxy) is 2. The highest BCUT2D eigenvalue weighted by Crippen LogP contribution is 2.40. The molecular formula is C20H25NO5S. The summed E-state index contributed by atoms with van der Waals surface area (Å²) in [6, 6.07) is 0. The summed E-state index contributed by atoms with van der Waals surface area (Å²) < 4.78 is 10.1. The van der Waals surface area contributed by atoms with Gasteiger partial charge in [-0.25, -0.2) is 4.79 Å². The Morgan fingerprint density at radius 3 is 2.78 bits per heavy atom. The molecule has 0 bridgehead atoms. The quantitative estimate of drug-likeness (QED) is 0.614. The minimum atomic E-state index is -0.441. The number of anilines is 1. The van der Waals surface area contributed by atoms with Crippen LogP contribution >= 0.6 is 11.3 Å². The van der Waals surface area contributed by atoms with Crippen molar-refractivity contribution in [3.63, 3.8) is 0 Å². The number of thiophene rings is 1.